The molecule has 0 fully saturated rings. The predicted octanol–water partition coefficient (Wildman–Crippen LogP) is 4.02. The minimum absolute atomic E-state index is 0.0711. The molecule has 1 rings (SSSR count). The van der Waals surface area contributed by atoms with Crippen LogP contribution in [0.4, 0.5) is 0 Å². The maximum Gasteiger partial charge on any atom is 0.306 e. The summed E-state index contributed by atoms with van der Waals surface area (Å²) in [5.74, 6) is 0.186. The fourth-order valence-electron chi connectivity index (χ4n) is 2.79. The zero-order valence-electron chi connectivity index (χ0n) is 13.9. The Morgan fingerprint density at radius 3 is 2.81 bits per heavy atom. The van der Waals surface area contributed by atoms with Gasteiger partial charge < -0.3 is 9.84 Å². The Bertz CT molecular complexity index is 395. The molecule has 4 unspecified atom stereocenters. The van der Waals surface area contributed by atoms with E-state index in [1.807, 2.05) is 32.9 Å². The van der Waals surface area contributed by atoms with Crippen LogP contribution in [0, 0.1) is 11.8 Å². The summed E-state index contributed by atoms with van der Waals surface area (Å²) in [6, 6.07) is 0. The lowest BCUT2D eigenvalue weighted by atomic mass is 9.87. The highest BCUT2D eigenvalue weighted by Crippen LogP contribution is 2.27. The first-order valence-corrected chi connectivity index (χ1v) is 7.99. The molecule has 0 aromatic heterocycles. The molecule has 3 heteroatoms. The summed E-state index contributed by atoms with van der Waals surface area (Å²) >= 11 is 0. The Labute approximate surface area is 129 Å². The zero-order valence-corrected chi connectivity index (χ0v) is 13.9. The molecule has 3 nitrogen and oxygen atoms in total. The van der Waals surface area contributed by atoms with Crippen LogP contribution in [0.5, 0.6) is 0 Å². The van der Waals surface area contributed by atoms with Gasteiger partial charge in [-0.05, 0) is 44.6 Å². The number of carbonyl (C=O) groups excluding carboxylic acids is 1. The molecule has 0 saturated carbocycles. The highest BCUT2D eigenvalue weighted by Gasteiger charge is 2.26. The Morgan fingerprint density at radius 1 is 1.57 bits per heavy atom. The van der Waals surface area contributed by atoms with Gasteiger partial charge in [0.05, 0.1) is 5.60 Å². The van der Waals surface area contributed by atoms with Gasteiger partial charge in [-0.2, -0.15) is 0 Å². The molecule has 21 heavy (non-hydrogen) atoms. The largest absolute Gasteiger partial charge is 0.457 e. The average molecular weight is 294 g/mol. The lowest BCUT2D eigenvalue weighted by Gasteiger charge is -2.28. The van der Waals surface area contributed by atoms with E-state index in [9.17, 15) is 9.90 Å². The maximum atomic E-state index is 12.1. The quantitative estimate of drug-likeness (QED) is 0.618. The molecule has 1 aliphatic heterocycles. The van der Waals surface area contributed by atoms with Crippen molar-refractivity contribution in [2.45, 2.75) is 71.5 Å². The number of carbonyl (C=O) groups is 1. The summed E-state index contributed by atoms with van der Waals surface area (Å²) in [6.45, 7) is 11.8. The first kappa shape index (κ1) is 18.0. The van der Waals surface area contributed by atoms with E-state index in [1.165, 1.54) is 0 Å². The Kier molecular flexibility index (Phi) is 6.66. The van der Waals surface area contributed by atoms with Crippen LogP contribution in [0.2, 0.25) is 0 Å². The van der Waals surface area contributed by atoms with E-state index >= 15 is 0 Å². The second kappa shape index (κ2) is 7.79. The summed E-state index contributed by atoms with van der Waals surface area (Å²) in [5, 5.41) is 10.4. The molecular weight excluding hydrogens is 264 g/mol. The minimum atomic E-state index is -0.703. The molecule has 0 aliphatic carbocycles. The molecule has 4 atom stereocenters. The highest BCUT2D eigenvalue weighted by atomic mass is 16.5. The fourth-order valence-corrected chi connectivity index (χ4v) is 2.79. The standard InChI is InChI=1S/C18H30O3/c1-6-15-9-11-18(5,20)10-7-8-14(4)17(13(2)3)21-16(19)12-15/h7-8,14-15,17,20H,2,6,9-12H2,1,3-5H3. The average Bonchev–Trinajstić information content (AvgIpc) is 2.39. The molecule has 0 radical (unpaired) electrons. The lowest BCUT2D eigenvalue weighted by Crippen LogP contribution is -2.29. The number of hydrogen-bond acceptors (Lipinski definition) is 3. The molecule has 0 saturated heterocycles. The molecule has 1 N–H and O–H groups in total. The Morgan fingerprint density at radius 2 is 2.24 bits per heavy atom. The van der Waals surface area contributed by atoms with Crippen molar-refractivity contribution in [3.05, 3.63) is 24.3 Å². The van der Waals surface area contributed by atoms with Gasteiger partial charge in [0.1, 0.15) is 6.10 Å². The van der Waals surface area contributed by atoms with Crippen molar-refractivity contribution in [1.29, 1.82) is 0 Å². The molecule has 0 bridgehead atoms. The Balaban J connectivity index is 2.94. The van der Waals surface area contributed by atoms with Crippen molar-refractivity contribution in [3.8, 4) is 0 Å². The van der Waals surface area contributed by atoms with E-state index in [4.69, 9.17) is 4.74 Å². The minimum Gasteiger partial charge on any atom is -0.457 e. The summed E-state index contributed by atoms with van der Waals surface area (Å²) < 4.78 is 5.63. The first-order valence-electron chi connectivity index (χ1n) is 7.99. The van der Waals surface area contributed by atoms with Crippen molar-refractivity contribution in [2.75, 3.05) is 0 Å². The summed E-state index contributed by atoms with van der Waals surface area (Å²) in [7, 11) is 0. The SMILES string of the molecule is C=C(C)C1OC(=O)CC(CC)CCC(C)(O)CC=CC1C. The van der Waals surface area contributed by atoms with Crippen molar-refractivity contribution < 1.29 is 14.6 Å². The third kappa shape index (κ3) is 6.04. The second-order valence-electron chi connectivity index (χ2n) is 6.76. The predicted molar refractivity (Wildman–Crippen MR) is 85.9 cm³/mol. The summed E-state index contributed by atoms with van der Waals surface area (Å²) in [5.41, 5.74) is 0.156. The van der Waals surface area contributed by atoms with Gasteiger partial charge >= 0.3 is 5.97 Å². The number of hydrogen-bond donors (Lipinski definition) is 1. The number of aliphatic hydroxyl groups is 1. The normalized spacial score (nSPS) is 35.5. The molecule has 0 amide bonds. The number of cyclic esters (lactones) is 1. The van der Waals surface area contributed by atoms with Crippen molar-refractivity contribution in [1.82, 2.24) is 0 Å². The third-order valence-electron chi connectivity index (χ3n) is 4.34. The summed E-state index contributed by atoms with van der Waals surface area (Å²) in [4.78, 5) is 12.1. The van der Waals surface area contributed by atoms with Gasteiger partial charge in [-0.25, -0.2) is 0 Å². The van der Waals surface area contributed by atoms with Gasteiger partial charge in [0.25, 0.3) is 0 Å². The second-order valence-corrected chi connectivity index (χ2v) is 6.76. The van der Waals surface area contributed by atoms with Crippen LogP contribution in [-0.4, -0.2) is 22.8 Å². The monoisotopic (exact) mass is 294 g/mol. The number of rotatable bonds is 2. The van der Waals surface area contributed by atoms with E-state index in [1.54, 1.807) is 0 Å². The van der Waals surface area contributed by atoms with Crippen LogP contribution in [-0.2, 0) is 9.53 Å². The van der Waals surface area contributed by atoms with E-state index in [-0.39, 0.29) is 23.9 Å². The maximum absolute atomic E-state index is 12.1. The molecule has 0 aromatic carbocycles. The van der Waals surface area contributed by atoms with Gasteiger partial charge in [0.2, 0.25) is 0 Å². The van der Waals surface area contributed by atoms with Crippen LogP contribution in [0.3, 0.4) is 0 Å². The van der Waals surface area contributed by atoms with Crippen LogP contribution >= 0.6 is 0 Å². The Hall–Kier alpha value is -1.09. The number of esters is 1. The van der Waals surface area contributed by atoms with Gasteiger partial charge in [-0.1, -0.05) is 39.0 Å². The van der Waals surface area contributed by atoms with Crippen LogP contribution in [0.15, 0.2) is 24.3 Å². The topological polar surface area (TPSA) is 46.5 Å². The van der Waals surface area contributed by atoms with E-state index in [2.05, 4.69) is 13.5 Å². The molecule has 1 heterocycles. The van der Waals surface area contributed by atoms with Crippen LogP contribution in [0.1, 0.15) is 59.8 Å². The lowest BCUT2D eigenvalue weighted by molar-refractivity contribution is -0.150. The molecular formula is C18H30O3. The van der Waals surface area contributed by atoms with Crippen LogP contribution in [0.25, 0.3) is 0 Å². The van der Waals surface area contributed by atoms with E-state index in [0.717, 1.165) is 18.4 Å². The zero-order chi connectivity index (χ0) is 16.0. The van der Waals surface area contributed by atoms with Crippen molar-refractivity contribution >= 4 is 5.97 Å². The van der Waals surface area contributed by atoms with Crippen molar-refractivity contribution in [2.24, 2.45) is 11.8 Å². The summed E-state index contributed by atoms with van der Waals surface area (Å²) in [6.07, 6.45) is 7.26. The number of ether oxygens (including phenoxy) is 1. The molecule has 0 spiro atoms. The first-order chi connectivity index (χ1) is 9.75. The van der Waals surface area contributed by atoms with E-state index in [0.29, 0.717) is 19.3 Å². The van der Waals surface area contributed by atoms with Crippen molar-refractivity contribution in [3.63, 3.8) is 0 Å². The van der Waals surface area contributed by atoms with Gasteiger partial charge in [-0.3, -0.25) is 4.79 Å². The van der Waals surface area contributed by atoms with E-state index < -0.39 is 5.60 Å². The van der Waals surface area contributed by atoms with Gasteiger partial charge in [0, 0.05) is 12.3 Å². The smallest absolute Gasteiger partial charge is 0.306 e. The molecule has 1 aliphatic rings. The van der Waals surface area contributed by atoms with Crippen LogP contribution < -0.4 is 0 Å². The third-order valence-corrected chi connectivity index (χ3v) is 4.34. The fraction of sp³-hybridized carbons (Fsp3) is 0.722. The highest BCUT2D eigenvalue weighted by molar-refractivity contribution is 5.70. The molecule has 0 aromatic rings. The van der Waals surface area contributed by atoms with Gasteiger partial charge in [0.15, 0.2) is 0 Å². The van der Waals surface area contributed by atoms with Gasteiger partial charge in [-0.15, -0.1) is 0 Å². The molecule has 120 valence electrons.